The fourth-order valence-electron chi connectivity index (χ4n) is 2.09. The number of furan rings is 1. The summed E-state index contributed by atoms with van der Waals surface area (Å²) in [6.45, 7) is -0.458. The quantitative estimate of drug-likeness (QED) is 0.502. The first-order valence-electron chi connectivity index (χ1n) is 6.69. The number of Topliss-reactive ketones (excluding diaryl/α,β-unsaturated/α-hetero) is 1. The van der Waals surface area contributed by atoms with Crippen LogP contribution in [0.25, 0.3) is 11.0 Å². The van der Waals surface area contributed by atoms with Crippen LogP contribution in [-0.4, -0.2) is 18.4 Å². The molecule has 3 aromatic rings. The lowest BCUT2D eigenvalue weighted by Crippen LogP contribution is -2.14. The van der Waals surface area contributed by atoms with Crippen LogP contribution in [0.5, 0.6) is 0 Å². The minimum Gasteiger partial charge on any atom is -0.453 e. The van der Waals surface area contributed by atoms with Crippen molar-refractivity contribution in [3.8, 4) is 0 Å². The molecular weight excluding hydrogens is 339 g/mol. The van der Waals surface area contributed by atoms with Gasteiger partial charge in [-0.3, -0.25) is 4.79 Å². The van der Waals surface area contributed by atoms with E-state index in [1.807, 2.05) is 12.1 Å². The van der Waals surface area contributed by atoms with Gasteiger partial charge in [0.15, 0.2) is 12.4 Å². The highest BCUT2D eigenvalue weighted by molar-refractivity contribution is 6.39. The molecule has 0 saturated carbocycles. The minimum atomic E-state index is -0.759. The van der Waals surface area contributed by atoms with Crippen molar-refractivity contribution in [2.45, 2.75) is 0 Å². The Morgan fingerprint density at radius 2 is 1.70 bits per heavy atom. The van der Waals surface area contributed by atoms with E-state index < -0.39 is 18.4 Å². The molecule has 0 radical (unpaired) electrons. The van der Waals surface area contributed by atoms with Crippen LogP contribution in [0.4, 0.5) is 0 Å². The summed E-state index contributed by atoms with van der Waals surface area (Å²) in [5, 5.41) is 1.13. The minimum absolute atomic E-state index is 0.0354. The Balaban J connectivity index is 1.72. The number of para-hydroxylation sites is 1. The van der Waals surface area contributed by atoms with E-state index in [1.165, 1.54) is 12.1 Å². The molecule has 0 spiro atoms. The maximum Gasteiger partial charge on any atom is 0.341 e. The van der Waals surface area contributed by atoms with Crippen molar-refractivity contribution in [3.63, 3.8) is 0 Å². The van der Waals surface area contributed by atoms with Crippen LogP contribution >= 0.6 is 23.2 Å². The van der Waals surface area contributed by atoms with Crippen LogP contribution in [0.2, 0.25) is 10.0 Å². The van der Waals surface area contributed by atoms with Gasteiger partial charge in [-0.25, -0.2) is 4.79 Å². The van der Waals surface area contributed by atoms with E-state index in [1.54, 1.807) is 24.3 Å². The molecule has 2 aromatic carbocycles. The third-order valence-electron chi connectivity index (χ3n) is 3.20. The zero-order valence-corrected chi connectivity index (χ0v) is 13.2. The number of ketones is 1. The third-order valence-corrected chi connectivity index (χ3v) is 3.83. The molecule has 116 valence electrons. The van der Waals surface area contributed by atoms with E-state index in [2.05, 4.69) is 0 Å². The van der Waals surface area contributed by atoms with Crippen molar-refractivity contribution >= 4 is 45.9 Å². The average molecular weight is 349 g/mol. The first-order valence-corrected chi connectivity index (χ1v) is 7.45. The summed E-state index contributed by atoms with van der Waals surface area (Å²) in [7, 11) is 0. The van der Waals surface area contributed by atoms with Gasteiger partial charge in [-0.05, 0) is 24.3 Å². The van der Waals surface area contributed by atoms with E-state index in [-0.39, 0.29) is 21.4 Å². The summed E-state index contributed by atoms with van der Waals surface area (Å²) in [4.78, 5) is 24.1. The van der Waals surface area contributed by atoms with Crippen LogP contribution in [0.15, 0.2) is 52.9 Å². The molecule has 0 unspecified atom stereocenters. The Labute approximate surface area is 141 Å². The Morgan fingerprint density at radius 1 is 1.00 bits per heavy atom. The standard InChI is InChI=1S/C17H10Cl2O4/c18-11-5-3-6-12(19)16(11)17(21)22-9-13(20)15-8-10-4-1-2-7-14(10)23-15/h1-8H,9H2. The van der Waals surface area contributed by atoms with Crippen LogP contribution in [0.1, 0.15) is 20.9 Å². The summed E-state index contributed by atoms with van der Waals surface area (Å²) < 4.78 is 10.4. The number of ether oxygens (including phenoxy) is 1. The van der Waals surface area contributed by atoms with Gasteiger partial charge in [0, 0.05) is 5.39 Å². The highest BCUT2D eigenvalue weighted by atomic mass is 35.5. The van der Waals surface area contributed by atoms with E-state index in [0.29, 0.717) is 5.58 Å². The Kier molecular flexibility index (Phi) is 4.37. The third kappa shape index (κ3) is 3.23. The highest BCUT2D eigenvalue weighted by Crippen LogP contribution is 2.25. The number of carbonyl (C=O) groups excluding carboxylic acids is 2. The molecule has 23 heavy (non-hydrogen) atoms. The summed E-state index contributed by atoms with van der Waals surface area (Å²) in [6.07, 6.45) is 0. The van der Waals surface area contributed by atoms with Gasteiger partial charge in [-0.2, -0.15) is 0 Å². The van der Waals surface area contributed by atoms with Crippen molar-refractivity contribution in [1.29, 1.82) is 0 Å². The van der Waals surface area contributed by atoms with E-state index in [4.69, 9.17) is 32.4 Å². The monoisotopic (exact) mass is 348 g/mol. The number of halogens is 2. The number of rotatable bonds is 4. The van der Waals surface area contributed by atoms with Crippen molar-refractivity contribution in [2.24, 2.45) is 0 Å². The second-order valence-corrected chi connectivity index (χ2v) is 5.56. The highest BCUT2D eigenvalue weighted by Gasteiger charge is 2.19. The number of fused-ring (bicyclic) bond motifs is 1. The van der Waals surface area contributed by atoms with E-state index in [0.717, 1.165) is 5.39 Å². The molecule has 0 fully saturated rings. The second-order valence-electron chi connectivity index (χ2n) is 4.74. The number of hydrogen-bond acceptors (Lipinski definition) is 4. The largest absolute Gasteiger partial charge is 0.453 e. The Hall–Kier alpha value is -2.30. The molecule has 6 heteroatoms. The number of hydrogen-bond donors (Lipinski definition) is 0. The molecule has 3 rings (SSSR count). The Bertz CT molecular complexity index is 845. The maximum absolute atomic E-state index is 12.1. The van der Waals surface area contributed by atoms with Gasteiger partial charge in [0.2, 0.25) is 5.78 Å². The van der Waals surface area contributed by atoms with Gasteiger partial charge in [-0.1, -0.05) is 47.5 Å². The summed E-state index contributed by atoms with van der Waals surface area (Å²) in [6, 6.07) is 13.5. The van der Waals surface area contributed by atoms with Gasteiger partial charge >= 0.3 is 5.97 Å². The average Bonchev–Trinajstić information content (AvgIpc) is 2.96. The van der Waals surface area contributed by atoms with Crippen molar-refractivity contribution in [2.75, 3.05) is 6.61 Å². The van der Waals surface area contributed by atoms with Gasteiger partial charge in [0.1, 0.15) is 5.58 Å². The SMILES string of the molecule is O=C(COC(=O)c1c(Cl)cccc1Cl)c1cc2ccccc2o1. The zero-order chi connectivity index (χ0) is 16.4. The van der Waals surface area contributed by atoms with Crippen molar-refractivity contribution in [1.82, 2.24) is 0 Å². The molecule has 0 N–H and O–H groups in total. The van der Waals surface area contributed by atoms with Crippen molar-refractivity contribution < 1.29 is 18.7 Å². The first kappa shape index (κ1) is 15.6. The molecule has 0 saturated heterocycles. The van der Waals surface area contributed by atoms with Crippen LogP contribution < -0.4 is 0 Å². The van der Waals surface area contributed by atoms with Gasteiger partial charge < -0.3 is 9.15 Å². The van der Waals surface area contributed by atoms with Crippen molar-refractivity contribution in [3.05, 3.63) is 69.9 Å². The Morgan fingerprint density at radius 3 is 2.39 bits per heavy atom. The number of carbonyl (C=O) groups is 2. The molecule has 4 nitrogen and oxygen atoms in total. The molecule has 0 atom stereocenters. The van der Waals surface area contributed by atoms with Crippen LogP contribution in [0.3, 0.4) is 0 Å². The maximum atomic E-state index is 12.1. The molecule has 0 aliphatic rings. The summed E-state index contributed by atoms with van der Waals surface area (Å²) >= 11 is 11.8. The van der Waals surface area contributed by atoms with E-state index >= 15 is 0 Å². The van der Waals surface area contributed by atoms with Gasteiger partial charge in [-0.15, -0.1) is 0 Å². The zero-order valence-electron chi connectivity index (χ0n) is 11.7. The molecule has 0 amide bonds. The normalized spacial score (nSPS) is 10.7. The lowest BCUT2D eigenvalue weighted by molar-refractivity contribution is 0.0468. The molecule has 1 aromatic heterocycles. The molecule has 0 aliphatic carbocycles. The summed E-state index contributed by atoms with van der Waals surface area (Å²) in [5.74, 6) is -1.08. The topological polar surface area (TPSA) is 56.5 Å². The molecule has 0 aliphatic heterocycles. The van der Waals surface area contributed by atoms with Gasteiger partial charge in [0.05, 0.1) is 15.6 Å². The lowest BCUT2D eigenvalue weighted by atomic mass is 10.2. The predicted molar refractivity (Wildman–Crippen MR) is 87.3 cm³/mol. The van der Waals surface area contributed by atoms with Crippen LogP contribution in [-0.2, 0) is 4.74 Å². The first-order chi connectivity index (χ1) is 11.1. The fraction of sp³-hybridized carbons (Fsp3) is 0.0588. The number of esters is 1. The predicted octanol–water partition coefficient (Wildman–Crippen LogP) is 4.78. The van der Waals surface area contributed by atoms with Crippen LogP contribution in [0, 0.1) is 0 Å². The summed E-state index contributed by atoms with van der Waals surface area (Å²) in [5.41, 5.74) is 0.629. The molecule has 1 heterocycles. The van der Waals surface area contributed by atoms with Gasteiger partial charge in [0.25, 0.3) is 0 Å². The second kappa shape index (κ2) is 6.44. The number of benzene rings is 2. The molecule has 0 bridgehead atoms. The molecular formula is C17H10Cl2O4. The van der Waals surface area contributed by atoms with E-state index in [9.17, 15) is 9.59 Å². The lowest BCUT2D eigenvalue weighted by Gasteiger charge is -2.06. The fourth-order valence-corrected chi connectivity index (χ4v) is 2.64. The smallest absolute Gasteiger partial charge is 0.341 e.